The van der Waals surface area contributed by atoms with Crippen LogP contribution in [0.4, 0.5) is 13.2 Å². The number of rotatable bonds is 2. The van der Waals surface area contributed by atoms with Crippen LogP contribution in [0.3, 0.4) is 0 Å². The van der Waals surface area contributed by atoms with Gasteiger partial charge in [-0.3, -0.25) is 9.48 Å². The standard InChI is InChI=1S/C19H15F3N6OS/c1-27-12(5-7-25-27)18(29)28-8-6-11-15(24-9-23-11)16(28)17-26-14-10(19(20,21)22)3-2-4-13(14)30-17/h2-5,7,9,16H,6,8H2,1H3,(H,23,24)/t16-/m0/s1. The molecule has 154 valence electrons. The van der Waals surface area contributed by atoms with Gasteiger partial charge in [-0.1, -0.05) is 6.07 Å². The highest BCUT2D eigenvalue weighted by molar-refractivity contribution is 7.18. The predicted molar refractivity (Wildman–Crippen MR) is 103 cm³/mol. The number of aryl methyl sites for hydroxylation is 1. The zero-order valence-corrected chi connectivity index (χ0v) is 16.5. The number of aromatic nitrogens is 5. The lowest BCUT2D eigenvalue weighted by Gasteiger charge is -2.33. The highest BCUT2D eigenvalue weighted by atomic mass is 32.1. The van der Waals surface area contributed by atoms with Gasteiger partial charge in [0.2, 0.25) is 0 Å². The lowest BCUT2D eigenvalue weighted by molar-refractivity contribution is -0.136. The Labute approximate surface area is 172 Å². The number of aromatic amines is 1. The van der Waals surface area contributed by atoms with Crippen LogP contribution in [0, 0.1) is 0 Å². The molecule has 30 heavy (non-hydrogen) atoms. The summed E-state index contributed by atoms with van der Waals surface area (Å²) in [7, 11) is 1.67. The van der Waals surface area contributed by atoms with Crippen molar-refractivity contribution in [3.8, 4) is 0 Å². The minimum absolute atomic E-state index is 0.111. The van der Waals surface area contributed by atoms with Gasteiger partial charge in [-0.05, 0) is 18.2 Å². The van der Waals surface area contributed by atoms with Crippen LogP contribution in [0.25, 0.3) is 10.2 Å². The second kappa shape index (κ2) is 6.66. The molecule has 0 spiro atoms. The number of nitrogens with zero attached hydrogens (tertiary/aromatic N) is 5. The fourth-order valence-corrected chi connectivity index (χ4v) is 4.90. The molecule has 0 bridgehead atoms. The van der Waals surface area contributed by atoms with Crippen LogP contribution in [0.15, 0.2) is 36.8 Å². The summed E-state index contributed by atoms with van der Waals surface area (Å²) in [6.07, 6.45) is -0.892. The number of nitrogens with one attached hydrogen (secondary N) is 1. The Hall–Kier alpha value is -3.21. The minimum Gasteiger partial charge on any atom is -0.348 e. The molecule has 4 heterocycles. The number of thiazole rings is 1. The summed E-state index contributed by atoms with van der Waals surface area (Å²) in [6, 6.07) is 4.92. The predicted octanol–water partition coefficient (Wildman–Crippen LogP) is 3.56. The maximum atomic E-state index is 13.5. The van der Waals surface area contributed by atoms with Crippen LogP contribution in [0.5, 0.6) is 0 Å². The number of fused-ring (bicyclic) bond motifs is 2. The third-order valence-electron chi connectivity index (χ3n) is 5.20. The molecule has 11 heteroatoms. The van der Waals surface area contributed by atoms with E-state index >= 15 is 0 Å². The maximum absolute atomic E-state index is 13.5. The Morgan fingerprint density at radius 2 is 2.13 bits per heavy atom. The topological polar surface area (TPSA) is 79.7 Å². The highest BCUT2D eigenvalue weighted by Gasteiger charge is 2.39. The molecule has 1 atom stereocenters. The number of carbonyl (C=O) groups excluding carboxylic acids is 1. The number of halogens is 3. The van der Waals surface area contributed by atoms with Crippen molar-refractivity contribution < 1.29 is 18.0 Å². The fourth-order valence-electron chi connectivity index (χ4n) is 3.79. The third-order valence-corrected chi connectivity index (χ3v) is 6.27. The van der Waals surface area contributed by atoms with Gasteiger partial charge in [0.25, 0.3) is 5.91 Å². The van der Waals surface area contributed by atoms with E-state index in [2.05, 4.69) is 20.1 Å². The van der Waals surface area contributed by atoms with E-state index in [9.17, 15) is 18.0 Å². The van der Waals surface area contributed by atoms with E-state index in [1.165, 1.54) is 23.3 Å². The van der Waals surface area contributed by atoms with Gasteiger partial charge in [-0.15, -0.1) is 11.3 Å². The van der Waals surface area contributed by atoms with Crippen LogP contribution in [-0.2, 0) is 19.6 Å². The Morgan fingerprint density at radius 3 is 2.87 bits per heavy atom. The average Bonchev–Trinajstić information content (AvgIpc) is 3.43. The second-order valence-electron chi connectivity index (χ2n) is 6.96. The number of imidazole rings is 1. The Bertz CT molecular complexity index is 1260. The molecule has 0 saturated carbocycles. The molecule has 1 aliphatic rings. The summed E-state index contributed by atoms with van der Waals surface area (Å²) in [5, 5.41) is 4.44. The molecule has 7 nitrogen and oxygen atoms in total. The largest absolute Gasteiger partial charge is 0.418 e. The first kappa shape index (κ1) is 18.8. The summed E-state index contributed by atoms with van der Waals surface area (Å²) in [6.45, 7) is 0.381. The van der Waals surface area contributed by atoms with Gasteiger partial charge >= 0.3 is 6.18 Å². The number of carbonyl (C=O) groups is 1. The molecule has 1 amide bonds. The van der Waals surface area contributed by atoms with E-state index in [-0.39, 0.29) is 11.4 Å². The fraction of sp³-hybridized carbons (Fsp3) is 0.263. The number of H-pyrrole nitrogens is 1. The van der Waals surface area contributed by atoms with Crippen molar-refractivity contribution in [2.75, 3.05) is 6.54 Å². The van der Waals surface area contributed by atoms with Crippen LogP contribution < -0.4 is 0 Å². The molecule has 0 fully saturated rings. The number of benzene rings is 1. The van der Waals surface area contributed by atoms with Crippen molar-refractivity contribution in [3.63, 3.8) is 0 Å². The zero-order valence-electron chi connectivity index (χ0n) is 15.6. The van der Waals surface area contributed by atoms with Gasteiger partial charge in [-0.25, -0.2) is 9.97 Å². The van der Waals surface area contributed by atoms with Gasteiger partial charge in [-0.2, -0.15) is 18.3 Å². The van der Waals surface area contributed by atoms with Crippen molar-refractivity contribution in [1.29, 1.82) is 0 Å². The van der Waals surface area contributed by atoms with E-state index in [0.29, 0.717) is 34.1 Å². The van der Waals surface area contributed by atoms with E-state index in [4.69, 9.17) is 0 Å². The first-order chi connectivity index (χ1) is 14.3. The molecular formula is C19H15F3N6OS. The maximum Gasteiger partial charge on any atom is 0.418 e. The lowest BCUT2D eigenvalue weighted by atomic mass is 10.0. The highest BCUT2D eigenvalue weighted by Crippen LogP contribution is 2.41. The Kier molecular flexibility index (Phi) is 4.17. The molecular weight excluding hydrogens is 417 g/mol. The van der Waals surface area contributed by atoms with Crippen molar-refractivity contribution in [2.45, 2.75) is 18.6 Å². The molecule has 0 saturated heterocycles. The van der Waals surface area contributed by atoms with E-state index in [0.717, 1.165) is 23.1 Å². The Morgan fingerprint density at radius 1 is 1.30 bits per heavy atom. The smallest absolute Gasteiger partial charge is 0.348 e. The number of para-hydroxylation sites is 1. The SMILES string of the molecule is Cn1nccc1C(=O)N1CCc2[nH]cnc2[C@H]1c1nc2c(C(F)(F)F)cccc2s1. The van der Waals surface area contributed by atoms with Crippen molar-refractivity contribution in [3.05, 3.63) is 64.4 Å². The van der Waals surface area contributed by atoms with Gasteiger partial charge in [0.05, 0.1) is 27.8 Å². The zero-order chi connectivity index (χ0) is 21.0. The van der Waals surface area contributed by atoms with Crippen LogP contribution in [-0.4, -0.2) is 42.1 Å². The molecule has 0 unspecified atom stereocenters. The van der Waals surface area contributed by atoms with Gasteiger partial charge in [0.1, 0.15) is 16.7 Å². The monoisotopic (exact) mass is 432 g/mol. The first-order valence-corrected chi connectivity index (χ1v) is 9.94. The van der Waals surface area contributed by atoms with Crippen LogP contribution >= 0.6 is 11.3 Å². The third kappa shape index (κ3) is 2.88. The molecule has 1 N–H and O–H groups in total. The summed E-state index contributed by atoms with van der Waals surface area (Å²) < 4.78 is 42.3. The van der Waals surface area contributed by atoms with Crippen molar-refractivity contribution in [1.82, 2.24) is 29.6 Å². The normalized spacial score (nSPS) is 16.8. The van der Waals surface area contributed by atoms with E-state index in [1.54, 1.807) is 24.1 Å². The second-order valence-corrected chi connectivity index (χ2v) is 8.02. The molecule has 1 aliphatic heterocycles. The number of hydrogen-bond donors (Lipinski definition) is 1. The minimum atomic E-state index is -4.51. The van der Waals surface area contributed by atoms with Crippen molar-refractivity contribution in [2.24, 2.45) is 7.05 Å². The van der Waals surface area contributed by atoms with Gasteiger partial charge < -0.3 is 9.88 Å². The molecule has 0 radical (unpaired) electrons. The molecule has 0 aliphatic carbocycles. The summed E-state index contributed by atoms with van der Waals surface area (Å²) in [4.78, 5) is 26.6. The Balaban J connectivity index is 1.66. The van der Waals surface area contributed by atoms with Crippen LogP contribution in [0.1, 0.15) is 38.5 Å². The number of hydrogen-bond acceptors (Lipinski definition) is 5. The average molecular weight is 432 g/mol. The molecule has 5 rings (SSSR count). The number of amides is 1. The van der Waals surface area contributed by atoms with Crippen molar-refractivity contribution >= 4 is 27.5 Å². The quantitative estimate of drug-likeness (QED) is 0.525. The summed E-state index contributed by atoms with van der Waals surface area (Å²) in [5.41, 5.74) is 0.940. The molecule has 1 aromatic carbocycles. The first-order valence-electron chi connectivity index (χ1n) is 9.12. The summed E-state index contributed by atoms with van der Waals surface area (Å²) >= 11 is 1.14. The molecule has 3 aromatic heterocycles. The lowest BCUT2D eigenvalue weighted by Crippen LogP contribution is -2.41. The van der Waals surface area contributed by atoms with Gasteiger partial charge in [0, 0.05) is 31.9 Å². The summed E-state index contributed by atoms with van der Waals surface area (Å²) in [5.74, 6) is -0.274. The number of alkyl halides is 3. The van der Waals surface area contributed by atoms with E-state index in [1.807, 2.05) is 0 Å². The van der Waals surface area contributed by atoms with Crippen LogP contribution in [0.2, 0.25) is 0 Å². The van der Waals surface area contributed by atoms with Gasteiger partial charge in [0.15, 0.2) is 0 Å². The van der Waals surface area contributed by atoms with E-state index < -0.39 is 17.8 Å². The molecule has 4 aromatic rings.